The Labute approximate surface area is 109 Å². The molecule has 0 fully saturated rings. The Morgan fingerprint density at radius 3 is 2.72 bits per heavy atom. The van der Waals surface area contributed by atoms with Gasteiger partial charge in [-0.25, -0.2) is 9.18 Å². The molecule has 1 rings (SSSR count). The molecule has 0 bridgehead atoms. The molecular formula is C12H13ClFNO3. The number of carbonyl (C=O) groups excluding carboxylic acids is 2. The van der Waals surface area contributed by atoms with E-state index in [4.69, 9.17) is 16.3 Å². The highest BCUT2D eigenvalue weighted by molar-refractivity contribution is 6.33. The second-order valence-electron chi connectivity index (χ2n) is 3.54. The summed E-state index contributed by atoms with van der Waals surface area (Å²) in [5.41, 5.74) is -0.365. The second-order valence-corrected chi connectivity index (χ2v) is 3.95. The fourth-order valence-corrected chi connectivity index (χ4v) is 1.52. The first-order valence-electron chi connectivity index (χ1n) is 5.40. The molecule has 4 nitrogen and oxygen atoms in total. The zero-order valence-corrected chi connectivity index (χ0v) is 10.8. The fraction of sp³-hybridized carbons (Fsp3) is 0.333. The van der Waals surface area contributed by atoms with Crippen molar-refractivity contribution in [3.05, 3.63) is 34.6 Å². The maximum Gasteiger partial charge on any atom is 0.343 e. The van der Waals surface area contributed by atoms with Gasteiger partial charge in [-0.3, -0.25) is 4.79 Å². The summed E-state index contributed by atoms with van der Waals surface area (Å²) in [4.78, 5) is 23.0. The molecule has 1 atom stereocenters. The van der Waals surface area contributed by atoms with Crippen LogP contribution < -0.4 is 5.32 Å². The number of hydrogen-bond acceptors (Lipinski definition) is 3. The van der Waals surface area contributed by atoms with Crippen LogP contribution >= 0.6 is 11.6 Å². The van der Waals surface area contributed by atoms with Crippen LogP contribution in [0.25, 0.3) is 0 Å². The van der Waals surface area contributed by atoms with Crippen molar-refractivity contribution < 1.29 is 18.7 Å². The van der Waals surface area contributed by atoms with Crippen LogP contribution in [0, 0.1) is 5.82 Å². The van der Waals surface area contributed by atoms with Crippen LogP contribution in [0.1, 0.15) is 24.2 Å². The van der Waals surface area contributed by atoms with E-state index < -0.39 is 23.8 Å². The smallest absolute Gasteiger partial charge is 0.343 e. The van der Waals surface area contributed by atoms with E-state index in [9.17, 15) is 14.0 Å². The molecule has 0 saturated heterocycles. The number of benzene rings is 1. The molecule has 0 spiro atoms. The minimum atomic E-state index is -1.01. The Kier molecular flexibility index (Phi) is 5.09. The predicted molar refractivity (Wildman–Crippen MR) is 65.0 cm³/mol. The second kappa shape index (κ2) is 6.35. The number of ether oxygens (including phenoxy) is 1. The molecular weight excluding hydrogens is 261 g/mol. The summed E-state index contributed by atoms with van der Waals surface area (Å²) in [5.74, 6) is -2.19. The molecule has 0 radical (unpaired) electrons. The number of likely N-dealkylation sites (N-methyl/N-ethyl adjacent to an activating group) is 1. The zero-order chi connectivity index (χ0) is 13.7. The molecule has 98 valence electrons. The van der Waals surface area contributed by atoms with Crippen molar-refractivity contribution in [1.29, 1.82) is 0 Å². The van der Waals surface area contributed by atoms with Gasteiger partial charge in [0.15, 0.2) is 6.10 Å². The highest BCUT2D eigenvalue weighted by Crippen LogP contribution is 2.20. The third-order valence-electron chi connectivity index (χ3n) is 2.17. The molecule has 1 aromatic rings. The van der Waals surface area contributed by atoms with Gasteiger partial charge in [-0.1, -0.05) is 17.7 Å². The van der Waals surface area contributed by atoms with Crippen LogP contribution in [-0.4, -0.2) is 24.5 Å². The van der Waals surface area contributed by atoms with Crippen molar-refractivity contribution in [3.8, 4) is 0 Å². The van der Waals surface area contributed by atoms with Gasteiger partial charge in [0.05, 0.1) is 5.02 Å². The van der Waals surface area contributed by atoms with E-state index in [1.807, 2.05) is 0 Å². The standard InChI is InChI=1S/C12H13ClFNO3/c1-3-15-11(16)7(2)18-12(17)10-8(13)5-4-6-9(10)14/h4-7H,3H2,1-2H3,(H,15,16)/t7-/m0/s1. The van der Waals surface area contributed by atoms with Gasteiger partial charge in [0.25, 0.3) is 5.91 Å². The summed E-state index contributed by atoms with van der Waals surface area (Å²) < 4.78 is 18.3. The Bertz CT molecular complexity index is 444. The Hall–Kier alpha value is -1.62. The van der Waals surface area contributed by atoms with E-state index >= 15 is 0 Å². The average Bonchev–Trinajstić information content (AvgIpc) is 2.28. The van der Waals surface area contributed by atoms with Crippen LogP contribution in [0.15, 0.2) is 18.2 Å². The van der Waals surface area contributed by atoms with Gasteiger partial charge in [-0.15, -0.1) is 0 Å². The Morgan fingerprint density at radius 1 is 1.50 bits per heavy atom. The largest absolute Gasteiger partial charge is 0.449 e. The SMILES string of the molecule is CCNC(=O)[C@H](C)OC(=O)c1c(F)cccc1Cl. The number of carbonyl (C=O) groups is 2. The normalized spacial score (nSPS) is 11.8. The molecule has 0 saturated carbocycles. The van der Waals surface area contributed by atoms with Gasteiger partial charge in [0.1, 0.15) is 11.4 Å². The van der Waals surface area contributed by atoms with Gasteiger partial charge >= 0.3 is 5.97 Å². The number of amides is 1. The summed E-state index contributed by atoms with van der Waals surface area (Å²) in [6, 6.07) is 3.85. The summed E-state index contributed by atoms with van der Waals surface area (Å²) in [6.45, 7) is 3.55. The van der Waals surface area contributed by atoms with E-state index in [1.54, 1.807) is 6.92 Å². The summed E-state index contributed by atoms with van der Waals surface area (Å²) in [5, 5.41) is 2.44. The topological polar surface area (TPSA) is 55.4 Å². The van der Waals surface area contributed by atoms with Crippen LogP contribution in [0.2, 0.25) is 5.02 Å². The molecule has 18 heavy (non-hydrogen) atoms. The molecule has 0 heterocycles. The van der Waals surface area contributed by atoms with Gasteiger partial charge in [0, 0.05) is 6.54 Å². The maximum atomic E-state index is 13.4. The lowest BCUT2D eigenvalue weighted by molar-refractivity contribution is -0.128. The van der Waals surface area contributed by atoms with Crippen molar-refractivity contribution in [2.24, 2.45) is 0 Å². The molecule has 0 unspecified atom stereocenters. The van der Waals surface area contributed by atoms with Crippen molar-refractivity contribution in [2.75, 3.05) is 6.54 Å². The van der Waals surface area contributed by atoms with Crippen LogP contribution in [0.4, 0.5) is 4.39 Å². The summed E-state index contributed by atoms with van der Waals surface area (Å²) in [6.07, 6.45) is -1.01. The third kappa shape index (κ3) is 3.43. The minimum absolute atomic E-state index is 0.0527. The maximum absolute atomic E-state index is 13.4. The number of hydrogen-bond donors (Lipinski definition) is 1. The Morgan fingerprint density at radius 2 is 2.17 bits per heavy atom. The zero-order valence-electron chi connectivity index (χ0n) is 10.00. The predicted octanol–water partition coefficient (Wildman–Crippen LogP) is 2.16. The minimum Gasteiger partial charge on any atom is -0.449 e. The van der Waals surface area contributed by atoms with Crippen LogP contribution in [0.5, 0.6) is 0 Å². The molecule has 0 aliphatic heterocycles. The number of nitrogens with one attached hydrogen (secondary N) is 1. The van der Waals surface area contributed by atoms with E-state index in [0.29, 0.717) is 6.54 Å². The summed E-state index contributed by atoms with van der Waals surface area (Å²) in [7, 11) is 0. The number of halogens is 2. The van der Waals surface area contributed by atoms with E-state index in [1.165, 1.54) is 19.1 Å². The number of esters is 1. The van der Waals surface area contributed by atoms with Crippen molar-refractivity contribution >= 4 is 23.5 Å². The summed E-state index contributed by atoms with van der Waals surface area (Å²) >= 11 is 5.71. The molecule has 1 N–H and O–H groups in total. The molecule has 0 aromatic heterocycles. The number of rotatable bonds is 4. The lowest BCUT2D eigenvalue weighted by Crippen LogP contribution is -2.35. The molecule has 1 aromatic carbocycles. The highest BCUT2D eigenvalue weighted by Gasteiger charge is 2.22. The molecule has 0 aliphatic rings. The van der Waals surface area contributed by atoms with Crippen LogP contribution in [0.3, 0.4) is 0 Å². The van der Waals surface area contributed by atoms with Gasteiger partial charge in [0.2, 0.25) is 0 Å². The van der Waals surface area contributed by atoms with E-state index in [-0.39, 0.29) is 10.6 Å². The highest BCUT2D eigenvalue weighted by atomic mass is 35.5. The molecule has 1 amide bonds. The first-order chi connectivity index (χ1) is 8.47. The van der Waals surface area contributed by atoms with E-state index in [2.05, 4.69) is 5.32 Å². The average molecular weight is 274 g/mol. The lowest BCUT2D eigenvalue weighted by atomic mass is 10.2. The van der Waals surface area contributed by atoms with Gasteiger partial charge < -0.3 is 10.1 Å². The first-order valence-corrected chi connectivity index (χ1v) is 5.77. The lowest BCUT2D eigenvalue weighted by Gasteiger charge is -2.13. The van der Waals surface area contributed by atoms with Gasteiger partial charge in [-0.05, 0) is 26.0 Å². The molecule has 0 aliphatic carbocycles. The van der Waals surface area contributed by atoms with Gasteiger partial charge in [-0.2, -0.15) is 0 Å². The molecule has 6 heteroatoms. The van der Waals surface area contributed by atoms with Crippen molar-refractivity contribution in [1.82, 2.24) is 5.32 Å². The monoisotopic (exact) mass is 273 g/mol. The van der Waals surface area contributed by atoms with E-state index in [0.717, 1.165) is 6.07 Å². The van der Waals surface area contributed by atoms with Crippen LogP contribution in [-0.2, 0) is 9.53 Å². The Balaban J connectivity index is 2.80. The van der Waals surface area contributed by atoms with Crippen molar-refractivity contribution in [2.45, 2.75) is 20.0 Å². The first kappa shape index (κ1) is 14.4. The third-order valence-corrected chi connectivity index (χ3v) is 2.49. The fourth-order valence-electron chi connectivity index (χ4n) is 1.28. The quantitative estimate of drug-likeness (QED) is 0.856. The van der Waals surface area contributed by atoms with Crippen molar-refractivity contribution in [3.63, 3.8) is 0 Å².